The van der Waals surface area contributed by atoms with Crippen molar-refractivity contribution in [3.63, 3.8) is 0 Å². The second kappa shape index (κ2) is 5.76. The van der Waals surface area contributed by atoms with Gasteiger partial charge in [-0.25, -0.2) is 4.79 Å². The van der Waals surface area contributed by atoms with E-state index in [2.05, 4.69) is 0 Å². The Morgan fingerprint density at radius 3 is 2.52 bits per heavy atom. The van der Waals surface area contributed by atoms with Gasteiger partial charge in [-0.05, 0) is 30.7 Å². The van der Waals surface area contributed by atoms with Crippen LogP contribution >= 0.6 is 0 Å². The summed E-state index contributed by atoms with van der Waals surface area (Å²) >= 11 is 0. The molecule has 3 rings (SSSR count). The van der Waals surface area contributed by atoms with Gasteiger partial charge in [-0.15, -0.1) is 0 Å². The summed E-state index contributed by atoms with van der Waals surface area (Å²) in [5.41, 5.74) is 0.933. The molecule has 112 valence electrons. The number of hydrogen-bond donors (Lipinski definition) is 1. The highest BCUT2D eigenvalue weighted by Crippen LogP contribution is 2.43. The fourth-order valence-electron chi connectivity index (χ4n) is 3.12. The molecule has 1 aromatic carbocycles. The number of nitrogens with zero attached hydrogens (tertiary/aromatic N) is 1. The lowest BCUT2D eigenvalue weighted by atomic mass is 9.97. The first-order valence-electron chi connectivity index (χ1n) is 7.37. The molecule has 1 heterocycles. The normalized spacial score (nSPS) is 24.9. The first-order valence-corrected chi connectivity index (χ1v) is 7.37. The van der Waals surface area contributed by atoms with E-state index in [0.717, 1.165) is 18.4 Å². The van der Waals surface area contributed by atoms with Crippen LogP contribution in [0.1, 0.15) is 24.8 Å². The topological polar surface area (TPSA) is 66.8 Å². The van der Waals surface area contributed by atoms with Crippen molar-refractivity contribution in [1.29, 1.82) is 0 Å². The van der Waals surface area contributed by atoms with Gasteiger partial charge in [0.05, 0.1) is 12.0 Å². The molecule has 2 atom stereocenters. The molecular weight excluding hydrogens is 270 g/mol. The number of likely N-dealkylation sites (tertiary alicyclic amines) is 1. The molecule has 5 heteroatoms. The van der Waals surface area contributed by atoms with E-state index >= 15 is 0 Å². The minimum absolute atomic E-state index is 0.189. The van der Waals surface area contributed by atoms with E-state index in [1.807, 2.05) is 30.3 Å². The summed E-state index contributed by atoms with van der Waals surface area (Å²) in [4.78, 5) is 25.2. The standard InChI is InChI=1S/C16H19NO4/c18-15(19)13-8-9-17(14(13)12-6-7-12)16(20)21-10-11-4-2-1-3-5-11/h1-5,12-14H,6-10H2,(H,18,19)/t13-,14+/m1/s1. The van der Waals surface area contributed by atoms with Crippen molar-refractivity contribution in [2.75, 3.05) is 6.54 Å². The Labute approximate surface area is 123 Å². The summed E-state index contributed by atoms with van der Waals surface area (Å²) in [7, 11) is 0. The lowest BCUT2D eigenvalue weighted by Crippen LogP contribution is -2.41. The van der Waals surface area contributed by atoms with Crippen LogP contribution in [-0.2, 0) is 16.1 Å². The van der Waals surface area contributed by atoms with Crippen molar-refractivity contribution in [1.82, 2.24) is 4.90 Å². The van der Waals surface area contributed by atoms with Crippen molar-refractivity contribution >= 4 is 12.1 Å². The monoisotopic (exact) mass is 289 g/mol. The number of carboxylic acids is 1. The number of carboxylic acid groups (broad SMARTS) is 1. The van der Waals surface area contributed by atoms with E-state index in [-0.39, 0.29) is 18.7 Å². The summed E-state index contributed by atoms with van der Waals surface area (Å²) in [5.74, 6) is -0.912. The highest BCUT2D eigenvalue weighted by molar-refractivity contribution is 5.75. The summed E-state index contributed by atoms with van der Waals surface area (Å²) in [6.07, 6.45) is 2.16. The molecule has 1 N–H and O–H groups in total. The first kappa shape index (κ1) is 13.9. The summed E-state index contributed by atoms with van der Waals surface area (Å²) in [5, 5.41) is 9.29. The lowest BCUT2D eigenvalue weighted by molar-refractivity contribution is -0.142. The SMILES string of the molecule is O=C(O)[C@@H]1CCN(C(=O)OCc2ccccc2)[C@H]1C1CC1. The summed E-state index contributed by atoms with van der Waals surface area (Å²) in [6, 6.07) is 9.31. The van der Waals surface area contributed by atoms with Gasteiger partial charge in [-0.1, -0.05) is 30.3 Å². The van der Waals surface area contributed by atoms with Crippen molar-refractivity contribution < 1.29 is 19.4 Å². The van der Waals surface area contributed by atoms with Crippen molar-refractivity contribution in [2.45, 2.75) is 31.9 Å². The molecule has 1 saturated carbocycles. The fourth-order valence-corrected chi connectivity index (χ4v) is 3.12. The third kappa shape index (κ3) is 3.01. The second-order valence-corrected chi connectivity index (χ2v) is 5.80. The second-order valence-electron chi connectivity index (χ2n) is 5.80. The van der Waals surface area contributed by atoms with E-state index in [4.69, 9.17) is 4.74 Å². The first-order chi connectivity index (χ1) is 10.2. The molecule has 0 aromatic heterocycles. The molecule has 0 radical (unpaired) electrons. The zero-order valence-corrected chi connectivity index (χ0v) is 11.8. The van der Waals surface area contributed by atoms with Crippen LogP contribution in [0.15, 0.2) is 30.3 Å². The average Bonchev–Trinajstić information content (AvgIpc) is 3.23. The van der Waals surface area contributed by atoms with Crippen LogP contribution in [0.2, 0.25) is 0 Å². The van der Waals surface area contributed by atoms with Crippen molar-refractivity contribution in [2.24, 2.45) is 11.8 Å². The Kier molecular flexibility index (Phi) is 3.82. The molecule has 0 spiro atoms. The van der Waals surface area contributed by atoms with E-state index < -0.39 is 11.9 Å². The number of rotatable bonds is 4. The van der Waals surface area contributed by atoms with Crippen LogP contribution in [0.4, 0.5) is 4.79 Å². The van der Waals surface area contributed by atoms with Gasteiger partial charge >= 0.3 is 12.1 Å². The average molecular weight is 289 g/mol. The number of amides is 1. The van der Waals surface area contributed by atoms with Crippen LogP contribution in [0.3, 0.4) is 0 Å². The molecule has 2 aliphatic rings. The quantitative estimate of drug-likeness (QED) is 0.924. The largest absolute Gasteiger partial charge is 0.481 e. The minimum Gasteiger partial charge on any atom is -0.481 e. The number of carbonyl (C=O) groups is 2. The number of carbonyl (C=O) groups excluding carboxylic acids is 1. The Hall–Kier alpha value is -2.04. The molecule has 1 amide bonds. The van der Waals surface area contributed by atoms with Crippen LogP contribution < -0.4 is 0 Å². The Morgan fingerprint density at radius 1 is 1.19 bits per heavy atom. The third-order valence-electron chi connectivity index (χ3n) is 4.31. The molecular formula is C16H19NO4. The highest BCUT2D eigenvalue weighted by Gasteiger charge is 2.49. The zero-order chi connectivity index (χ0) is 14.8. The molecule has 1 aromatic rings. The molecule has 0 bridgehead atoms. The smallest absolute Gasteiger partial charge is 0.410 e. The molecule has 2 fully saturated rings. The third-order valence-corrected chi connectivity index (χ3v) is 4.31. The van der Waals surface area contributed by atoms with Gasteiger partial charge in [0.25, 0.3) is 0 Å². The van der Waals surface area contributed by atoms with E-state index in [1.54, 1.807) is 4.90 Å². The molecule has 1 saturated heterocycles. The Bertz CT molecular complexity index is 526. The fraction of sp³-hybridized carbons (Fsp3) is 0.500. The van der Waals surface area contributed by atoms with E-state index in [1.165, 1.54) is 0 Å². The van der Waals surface area contributed by atoms with Gasteiger partial charge in [0, 0.05) is 6.54 Å². The van der Waals surface area contributed by atoms with Crippen LogP contribution in [0, 0.1) is 11.8 Å². The van der Waals surface area contributed by atoms with Crippen molar-refractivity contribution in [3.8, 4) is 0 Å². The van der Waals surface area contributed by atoms with Crippen LogP contribution in [0.5, 0.6) is 0 Å². The van der Waals surface area contributed by atoms with E-state index in [9.17, 15) is 14.7 Å². The van der Waals surface area contributed by atoms with Gasteiger partial charge in [0.15, 0.2) is 0 Å². The van der Waals surface area contributed by atoms with Gasteiger partial charge in [0.1, 0.15) is 6.61 Å². The van der Waals surface area contributed by atoms with E-state index in [0.29, 0.717) is 18.9 Å². The highest BCUT2D eigenvalue weighted by atomic mass is 16.6. The molecule has 1 aliphatic heterocycles. The molecule has 0 unspecified atom stereocenters. The van der Waals surface area contributed by atoms with Gasteiger partial charge < -0.3 is 14.7 Å². The number of ether oxygens (including phenoxy) is 1. The maximum Gasteiger partial charge on any atom is 0.410 e. The Morgan fingerprint density at radius 2 is 1.90 bits per heavy atom. The summed E-state index contributed by atoms with van der Waals surface area (Å²) in [6.45, 7) is 0.705. The van der Waals surface area contributed by atoms with Crippen LogP contribution in [0.25, 0.3) is 0 Å². The van der Waals surface area contributed by atoms with Crippen molar-refractivity contribution in [3.05, 3.63) is 35.9 Å². The number of hydrogen-bond acceptors (Lipinski definition) is 3. The minimum atomic E-state index is -0.801. The predicted molar refractivity (Wildman–Crippen MR) is 75.6 cm³/mol. The Balaban J connectivity index is 1.62. The lowest BCUT2D eigenvalue weighted by Gasteiger charge is -2.26. The number of aliphatic carboxylic acids is 1. The zero-order valence-electron chi connectivity index (χ0n) is 11.8. The summed E-state index contributed by atoms with van der Waals surface area (Å²) < 4.78 is 5.34. The van der Waals surface area contributed by atoms with Crippen LogP contribution in [-0.4, -0.2) is 34.7 Å². The maximum absolute atomic E-state index is 12.2. The van der Waals surface area contributed by atoms with Gasteiger partial charge in [-0.3, -0.25) is 4.79 Å². The van der Waals surface area contributed by atoms with Gasteiger partial charge in [-0.2, -0.15) is 0 Å². The molecule has 1 aliphatic carbocycles. The predicted octanol–water partition coefficient (Wildman–Crippen LogP) is 2.51. The molecule has 5 nitrogen and oxygen atoms in total. The number of benzene rings is 1. The maximum atomic E-state index is 12.2. The molecule has 21 heavy (non-hydrogen) atoms. The van der Waals surface area contributed by atoms with Gasteiger partial charge in [0.2, 0.25) is 0 Å².